The van der Waals surface area contributed by atoms with Gasteiger partial charge in [0.05, 0.1) is 6.10 Å². The minimum Gasteiger partial charge on any atom is -0.479 e. The van der Waals surface area contributed by atoms with Gasteiger partial charge in [-0.3, -0.25) is 0 Å². The number of ether oxygens (including phenoxy) is 1. The first-order valence-corrected chi connectivity index (χ1v) is 5.99. The summed E-state index contributed by atoms with van der Waals surface area (Å²) in [5.74, 6) is -0.904. The van der Waals surface area contributed by atoms with Gasteiger partial charge in [-0.2, -0.15) is 0 Å². The fraction of sp³-hybridized carbons (Fsp3) is 0.500. The van der Waals surface area contributed by atoms with Gasteiger partial charge in [0.2, 0.25) is 0 Å². The van der Waals surface area contributed by atoms with Crippen molar-refractivity contribution in [1.82, 2.24) is 0 Å². The molecule has 0 aromatic heterocycles. The molecule has 3 heteroatoms. The van der Waals surface area contributed by atoms with E-state index in [1.165, 1.54) is 5.56 Å². The average Bonchev–Trinajstić information content (AvgIpc) is 2.28. The third-order valence-electron chi connectivity index (χ3n) is 2.56. The maximum Gasteiger partial charge on any atom is 0.333 e. The van der Waals surface area contributed by atoms with E-state index in [1.54, 1.807) is 0 Å². The molecule has 94 valence electrons. The zero-order chi connectivity index (χ0) is 12.8. The van der Waals surface area contributed by atoms with Gasteiger partial charge in [-0.15, -0.1) is 0 Å². The van der Waals surface area contributed by atoms with Crippen LogP contribution in [-0.2, 0) is 22.4 Å². The molecule has 0 bridgehead atoms. The summed E-state index contributed by atoms with van der Waals surface area (Å²) in [4.78, 5) is 11.0. The molecule has 0 amide bonds. The van der Waals surface area contributed by atoms with Crippen LogP contribution in [0, 0.1) is 0 Å². The van der Waals surface area contributed by atoms with Crippen molar-refractivity contribution in [2.24, 2.45) is 0 Å². The van der Waals surface area contributed by atoms with E-state index >= 15 is 0 Å². The number of carboxylic acid groups (broad SMARTS) is 1. The molecule has 0 aliphatic rings. The molecule has 3 nitrogen and oxygen atoms in total. The summed E-state index contributed by atoms with van der Waals surface area (Å²) in [7, 11) is 0. The molecule has 0 spiro atoms. The second-order valence-electron chi connectivity index (χ2n) is 4.39. The standard InChI is InChI=1S/C14H20O3/c1-4-11-5-7-12(8-6-11)9-13(14(15)16)17-10(2)3/h5-8,10,13H,4,9H2,1-3H3,(H,15,16)/t13-/m0/s1. The molecule has 0 saturated carbocycles. The zero-order valence-electron chi connectivity index (χ0n) is 10.6. The Hall–Kier alpha value is -1.35. The maximum atomic E-state index is 11.0. The van der Waals surface area contributed by atoms with E-state index in [2.05, 4.69) is 6.92 Å². The van der Waals surface area contributed by atoms with Crippen molar-refractivity contribution in [3.8, 4) is 0 Å². The van der Waals surface area contributed by atoms with Crippen molar-refractivity contribution < 1.29 is 14.6 Å². The maximum absolute atomic E-state index is 11.0. The highest BCUT2D eigenvalue weighted by atomic mass is 16.5. The smallest absolute Gasteiger partial charge is 0.333 e. The second kappa shape index (κ2) is 6.40. The van der Waals surface area contributed by atoms with Crippen LogP contribution in [0.1, 0.15) is 31.9 Å². The molecule has 1 aromatic carbocycles. The Morgan fingerprint density at radius 1 is 1.24 bits per heavy atom. The molecule has 1 atom stereocenters. The highest BCUT2D eigenvalue weighted by molar-refractivity contribution is 5.72. The van der Waals surface area contributed by atoms with Crippen LogP contribution in [0.25, 0.3) is 0 Å². The third kappa shape index (κ3) is 4.57. The quantitative estimate of drug-likeness (QED) is 0.826. The third-order valence-corrected chi connectivity index (χ3v) is 2.56. The number of rotatable bonds is 6. The average molecular weight is 236 g/mol. The normalized spacial score (nSPS) is 12.7. The highest BCUT2D eigenvalue weighted by Crippen LogP contribution is 2.11. The summed E-state index contributed by atoms with van der Waals surface area (Å²) in [6.45, 7) is 5.78. The van der Waals surface area contributed by atoms with Gasteiger partial charge in [0.15, 0.2) is 6.10 Å². The summed E-state index contributed by atoms with van der Waals surface area (Å²) in [5.41, 5.74) is 2.25. The first-order chi connectivity index (χ1) is 8.02. The molecule has 0 saturated heterocycles. The SMILES string of the molecule is CCc1ccc(C[C@H](OC(C)C)C(=O)O)cc1. The van der Waals surface area contributed by atoms with E-state index < -0.39 is 12.1 Å². The van der Waals surface area contributed by atoms with Crippen molar-refractivity contribution in [3.63, 3.8) is 0 Å². The Morgan fingerprint density at radius 3 is 2.18 bits per heavy atom. The molecule has 0 fully saturated rings. The van der Waals surface area contributed by atoms with Crippen molar-refractivity contribution in [1.29, 1.82) is 0 Å². The van der Waals surface area contributed by atoms with Crippen LogP contribution in [0.3, 0.4) is 0 Å². The van der Waals surface area contributed by atoms with Crippen molar-refractivity contribution >= 4 is 5.97 Å². The van der Waals surface area contributed by atoms with Gasteiger partial charge in [-0.05, 0) is 31.4 Å². The molecule has 1 aromatic rings. The van der Waals surface area contributed by atoms with Gasteiger partial charge in [-0.1, -0.05) is 31.2 Å². The van der Waals surface area contributed by atoms with Crippen LogP contribution < -0.4 is 0 Å². The largest absolute Gasteiger partial charge is 0.479 e. The summed E-state index contributed by atoms with van der Waals surface area (Å²) in [6.07, 6.45) is 0.566. The van der Waals surface area contributed by atoms with Gasteiger partial charge in [0.1, 0.15) is 0 Å². The predicted molar refractivity (Wildman–Crippen MR) is 67.2 cm³/mol. The fourth-order valence-electron chi connectivity index (χ4n) is 1.65. The van der Waals surface area contributed by atoms with Crippen LogP contribution in [0.15, 0.2) is 24.3 Å². The Bertz CT molecular complexity index is 354. The Labute approximate surface area is 102 Å². The molecule has 0 unspecified atom stereocenters. The van der Waals surface area contributed by atoms with Crippen LogP contribution in [0.2, 0.25) is 0 Å². The molecule has 0 aliphatic carbocycles. The second-order valence-corrected chi connectivity index (χ2v) is 4.39. The van der Waals surface area contributed by atoms with Crippen LogP contribution in [0.4, 0.5) is 0 Å². The fourth-order valence-corrected chi connectivity index (χ4v) is 1.65. The van der Waals surface area contributed by atoms with Crippen LogP contribution in [-0.4, -0.2) is 23.3 Å². The number of carboxylic acids is 1. The lowest BCUT2D eigenvalue weighted by molar-refractivity contribution is -0.153. The zero-order valence-corrected chi connectivity index (χ0v) is 10.6. The Kier molecular flexibility index (Phi) is 5.16. The van der Waals surface area contributed by atoms with Crippen molar-refractivity contribution in [2.75, 3.05) is 0 Å². The number of aliphatic carboxylic acids is 1. The van der Waals surface area contributed by atoms with E-state index in [-0.39, 0.29) is 6.10 Å². The van der Waals surface area contributed by atoms with Gasteiger partial charge in [0, 0.05) is 6.42 Å². The molecule has 0 radical (unpaired) electrons. The summed E-state index contributed by atoms with van der Waals surface area (Å²) >= 11 is 0. The molecule has 17 heavy (non-hydrogen) atoms. The van der Waals surface area contributed by atoms with Crippen LogP contribution in [0.5, 0.6) is 0 Å². The van der Waals surface area contributed by atoms with Gasteiger partial charge in [-0.25, -0.2) is 4.79 Å². The molecule has 1 N–H and O–H groups in total. The van der Waals surface area contributed by atoms with Crippen molar-refractivity contribution in [2.45, 2.75) is 45.8 Å². The number of hydrogen-bond acceptors (Lipinski definition) is 2. The summed E-state index contributed by atoms with van der Waals surface area (Å²) in [6, 6.07) is 8.00. The molecular formula is C14H20O3. The molecule has 0 aliphatic heterocycles. The number of benzene rings is 1. The number of hydrogen-bond donors (Lipinski definition) is 1. The van der Waals surface area contributed by atoms with E-state index in [9.17, 15) is 4.79 Å². The molecule has 0 heterocycles. The predicted octanol–water partition coefficient (Wildman–Crippen LogP) is 2.67. The van der Waals surface area contributed by atoms with Gasteiger partial charge >= 0.3 is 5.97 Å². The molecule has 1 rings (SSSR count). The topological polar surface area (TPSA) is 46.5 Å². The number of carbonyl (C=O) groups is 1. The van der Waals surface area contributed by atoms with E-state index in [4.69, 9.17) is 9.84 Å². The van der Waals surface area contributed by atoms with Gasteiger partial charge < -0.3 is 9.84 Å². The number of aryl methyl sites for hydroxylation is 1. The highest BCUT2D eigenvalue weighted by Gasteiger charge is 2.19. The Morgan fingerprint density at radius 2 is 1.76 bits per heavy atom. The van der Waals surface area contributed by atoms with Crippen molar-refractivity contribution in [3.05, 3.63) is 35.4 Å². The monoisotopic (exact) mass is 236 g/mol. The minimum atomic E-state index is -0.904. The lowest BCUT2D eigenvalue weighted by Crippen LogP contribution is -2.29. The minimum absolute atomic E-state index is 0.0778. The molecular weight excluding hydrogens is 216 g/mol. The summed E-state index contributed by atoms with van der Waals surface area (Å²) in [5, 5.41) is 9.06. The Balaban J connectivity index is 2.68. The lowest BCUT2D eigenvalue weighted by atomic mass is 10.0. The first-order valence-electron chi connectivity index (χ1n) is 5.99. The van der Waals surface area contributed by atoms with Gasteiger partial charge in [0.25, 0.3) is 0 Å². The van der Waals surface area contributed by atoms with E-state index in [0.29, 0.717) is 6.42 Å². The summed E-state index contributed by atoms with van der Waals surface area (Å²) < 4.78 is 5.37. The lowest BCUT2D eigenvalue weighted by Gasteiger charge is -2.16. The van der Waals surface area contributed by atoms with Crippen LogP contribution >= 0.6 is 0 Å². The van der Waals surface area contributed by atoms with E-state index in [1.807, 2.05) is 38.1 Å². The van der Waals surface area contributed by atoms with E-state index in [0.717, 1.165) is 12.0 Å². The first kappa shape index (κ1) is 13.7.